The van der Waals surface area contributed by atoms with Crippen LogP contribution in [0.1, 0.15) is 29.9 Å². The zero-order valence-corrected chi connectivity index (χ0v) is 16.5. The van der Waals surface area contributed by atoms with Crippen molar-refractivity contribution in [3.05, 3.63) is 64.4 Å². The minimum absolute atomic E-state index is 0.243. The number of benzene rings is 2. The minimum Gasteiger partial charge on any atom is -0.497 e. The molecule has 0 aliphatic carbocycles. The molecule has 0 aliphatic rings. The smallest absolute Gasteiger partial charge is 0.196 e. The van der Waals surface area contributed by atoms with E-state index in [4.69, 9.17) is 22.1 Å². The second-order valence-electron chi connectivity index (χ2n) is 6.04. The number of nitrogens with two attached hydrogens (primary N) is 1. The number of aromatic nitrogens is 3. The van der Waals surface area contributed by atoms with Crippen LogP contribution in [0.5, 0.6) is 5.75 Å². The van der Waals surface area contributed by atoms with Crippen molar-refractivity contribution in [1.82, 2.24) is 14.8 Å². The number of hydrogen-bond acceptors (Lipinski definition) is 5. The van der Waals surface area contributed by atoms with Crippen molar-refractivity contribution < 1.29 is 4.74 Å². The fourth-order valence-corrected chi connectivity index (χ4v) is 3.69. The third kappa shape index (κ3) is 4.03. The van der Waals surface area contributed by atoms with Crippen molar-refractivity contribution in [1.29, 1.82) is 0 Å². The van der Waals surface area contributed by atoms with Crippen LogP contribution < -0.4 is 10.5 Å². The molecule has 1 aromatic heterocycles. The van der Waals surface area contributed by atoms with Crippen molar-refractivity contribution in [2.75, 3.05) is 7.11 Å². The number of aryl methyl sites for hydroxylation is 1. The standard InChI is InChI=1S/C19H21ClN4OS/c1-12-7-8-15(20)10-17(12)24-18(13(2)21)22-23-19(24)26-11-14-5-4-6-16(9-14)25-3/h4-10,13H,11,21H2,1-3H3. The summed E-state index contributed by atoms with van der Waals surface area (Å²) in [7, 11) is 1.67. The molecule has 1 heterocycles. The monoisotopic (exact) mass is 388 g/mol. The maximum Gasteiger partial charge on any atom is 0.196 e. The SMILES string of the molecule is COc1cccc(CSc2nnc(C(C)N)n2-c2cc(Cl)ccc2C)c1. The van der Waals surface area contributed by atoms with E-state index in [9.17, 15) is 0 Å². The van der Waals surface area contributed by atoms with Gasteiger partial charge in [0.1, 0.15) is 5.75 Å². The van der Waals surface area contributed by atoms with Crippen molar-refractivity contribution in [2.24, 2.45) is 5.73 Å². The first kappa shape index (κ1) is 18.8. The maximum atomic E-state index is 6.22. The van der Waals surface area contributed by atoms with E-state index in [-0.39, 0.29) is 6.04 Å². The summed E-state index contributed by atoms with van der Waals surface area (Å²) < 4.78 is 7.29. The van der Waals surface area contributed by atoms with E-state index in [1.807, 2.05) is 54.8 Å². The molecule has 3 rings (SSSR count). The highest BCUT2D eigenvalue weighted by molar-refractivity contribution is 7.98. The summed E-state index contributed by atoms with van der Waals surface area (Å²) in [4.78, 5) is 0. The predicted octanol–water partition coefficient (Wildman–Crippen LogP) is 4.55. The van der Waals surface area contributed by atoms with E-state index in [0.29, 0.717) is 10.8 Å². The molecule has 1 atom stereocenters. The predicted molar refractivity (Wildman–Crippen MR) is 106 cm³/mol. The number of methoxy groups -OCH3 is 1. The lowest BCUT2D eigenvalue weighted by molar-refractivity contribution is 0.414. The molecular weight excluding hydrogens is 368 g/mol. The summed E-state index contributed by atoms with van der Waals surface area (Å²) in [6.45, 7) is 3.93. The third-order valence-corrected chi connectivity index (χ3v) is 5.22. The summed E-state index contributed by atoms with van der Waals surface area (Å²) in [5, 5.41) is 10.1. The zero-order chi connectivity index (χ0) is 18.7. The quantitative estimate of drug-likeness (QED) is 0.627. The van der Waals surface area contributed by atoms with Gasteiger partial charge >= 0.3 is 0 Å². The highest BCUT2D eigenvalue weighted by Gasteiger charge is 2.19. The summed E-state index contributed by atoms with van der Waals surface area (Å²) in [5.74, 6) is 2.29. The van der Waals surface area contributed by atoms with E-state index < -0.39 is 0 Å². The van der Waals surface area contributed by atoms with Gasteiger partial charge in [-0.3, -0.25) is 4.57 Å². The molecule has 1 unspecified atom stereocenters. The van der Waals surface area contributed by atoms with E-state index in [1.165, 1.54) is 0 Å². The van der Waals surface area contributed by atoms with Gasteiger partial charge in [0, 0.05) is 10.8 Å². The summed E-state index contributed by atoms with van der Waals surface area (Å²) in [6.07, 6.45) is 0. The molecule has 0 spiro atoms. The van der Waals surface area contributed by atoms with Gasteiger partial charge in [0.05, 0.1) is 18.8 Å². The normalized spacial score (nSPS) is 12.2. The van der Waals surface area contributed by atoms with Crippen LogP contribution in [0.3, 0.4) is 0 Å². The Morgan fingerprint density at radius 3 is 2.77 bits per heavy atom. The zero-order valence-electron chi connectivity index (χ0n) is 14.9. The third-order valence-electron chi connectivity index (χ3n) is 3.98. The Labute approximate surface area is 162 Å². The van der Waals surface area contributed by atoms with Gasteiger partial charge in [0.2, 0.25) is 0 Å². The summed E-state index contributed by atoms with van der Waals surface area (Å²) >= 11 is 7.82. The Morgan fingerprint density at radius 1 is 1.23 bits per heavy atom. The molecule has 0 saturated heterocycles. The summed E-state index contributed by atoms with van der Waals surface area (Å²) in [6, 6.07) is 13.5. The first-order chi connectivity index (χ1) is 12.5. The average molecular weight is 389 g/mol. The van der Waals surface area contributed by atoms with Crippen LogP contribution in [0.25, 0.3) is 5.69 Å². The highest BCUT2D eigenvalue weighted by atomic mass is 35.5. The second kappa shape index (κ2) is 8.12. The lowest BCUT2D eigenvalue weighted by atomic mass is 10.2. The number of halogens is 1. The minimum atomic E-state index is -0.243. The van der Waals surface area contributed by atoms with Gasteiger partial charge in [0.25, 0.3) is 0 Å². The van der Waals surface area contributed by atoms with Crippen molar-refractivity contribution in [3.8, 4) is 11.4 Å². The second-order valence-corrected chi connectivity index (χ2v) is 7.41. The van der Waals surface area contributed by atoms with E-state index in [1.54, 1.807) is 18.9 Å². The lowest BCUT2D eigenvalue weighted by Crippen LogP contribution is -2.13. The van der Waals surface area contributed by atoms with Crippen LogP contribution in [0.4, 0.5) is 0 Å². The molecule has 136 valence electrons. The van der Waals surface area contributed by atoms with Crippen LogP contribution in [0.15, 0.2) is 47.6 Å². The van der Waals surface area contributed by atoms with Gasteiger partial charge < -0.3 is 10.5 Å². The molecule has 0 aliphatic heterocycles. The number of ether oxygens (including phenoxy) is 1. The maximum absolute atomic E-state index is 6.22. The molecular formula is C19H21ClN4OS. The van der Waals surface area contributed by atoms with Crippen molar-refractivity contribution in [2.45, 2.75) is 30.8 Å². The number of nitrogens with zero attached hydrogens (tertiary/aromatic N) is 3. The van der Waals surface area contributed by atoms with Crippen LogP contribution >= 0.6 is 23.4 Å². The summed E-state index contributed by atoms with van der Waals surface area (Å²) in [5.41, 5.74) is 9.29. The number of rotatable bonds is 6. The molecule has 0 bridgehead atoms. The topological polar surface area (TPSA) is 66.0 Å². The lowest BCUT2D eigenvalue weighted by Gasteiger charge is -2.15. The molecule has 0 fully saturated rings. The molecule has 0 radical (unpaired) electrons. The molecule has 26 heavy (non-hydrogen) atoms. The van der Waals surface area contributed by atoms with Gasteiger partial charge in [-0.1, -0.05) is 41.6 Å². The Kier molecular flexibility index (Phi) is 5.86. The largest absolute Gasteiger partial charge is 0.497 e. The molecule has 2 aromatic carbocycles. The van der Waals surface area contributed by atoms with Crippen LogP contribution in [0, 0.1) is 6.92 Å². The Morgan fingerprint density at radius 2 is 2.04 bits per heavy atom. The van der Waals surface area contributed by atoms with Crippen LogP contribution in [-0.2, 0) is 5.75 Å². The van der Waals surface area contributed by atoms with Gasteiger partial charge in [0.15, 0.2) is 11.0 Å². The number of thioether (sulfide) groups is 1. The molecule has 7 heteroatoms. The molecule has 0 amide bonds. The average Bonchev–Trinajstić information content (AvgIpc) is 3.06. The molecule has 5 nitrogen and oxygen atoms in total. The highest BCUT2D eigenvalue weighted by Crippen LogP contribution is 2.30. The Hall–Kier alpha value is -2.02. The van der Waals surface area contributed by atoms with Crippen LogP contribution in [-0.4, -0.2) is 21.9 Å². The van der Waals surface area contributed by atoms with Crippen LogP contribution in [0.2, 0.25) is 5.02 Å². The van der Waals surface area contributed by atoms with Gasteiger partial charge in [-0.15, -0.1) is 10.2 Å². The molecule has 2 N–H and O–H groups in total. The van der Waals surface area contributed by atoms with Gasteiger partial charge in [-0.05, 0) is 49.2 Å². The van der Waals surface area contributed by atoms with E-state index >= 15 is 0 Å². The van der Waals surface area contributed by atoms with E-state index in [2.05, 4.69) is 16.3 Å². The van der Waals surface area contributed by atoms with Crippen molar-refractivity contribution in [3.63, 3.8) is 0 Å². The Bertz CT molecular complexity index is 910. The number of hydrogen-bond donors (Lipinski definition) is 1. The fraction of sp³-hybridized carbons (Fsp3) is 0.263. The fourth-order valence-electron chi connectivity index (χ4n) is 2.63. The van der Waals surface area contributed by atoms with Crippen molar-refractivity contribution >= 4 is 23.4 Å². The Balaban J connectivity index is 1.96. The first-order valence-corrected chi connectivity index (χ1v) is 9.59. The van der Waals surface area contributed by atoms with Gasteiger partial charge in [-0.25, -0.2) is 0 Å². The molecule has 0 saturated carbocycles. The van der Waals surface area contributed by atoms with E-state index in [0.717, 1.165) is 33.5 Å². The first-order valence-electron chi connectivity index (χ1n) is 8.22. The van der Waals surface area contributed by atoms with Gasteiger partial charge in [-0.2, -0.15) is 0 Å². The molecule has 3 aromatic rings.